The number of para-hydroxylation sites is 1. The van der Waals surface area contributed by atoms with Gasteiger partial charge >= 0.3 is 0 Å². The van der Waals surface area contributed by atoms with Gasteiger partial charge in [-0.1, -0.05) is 24.3 Å². The van der Waals surface area contributed by atoms with E-state index in [9.17, 15) is 0 Å². The summed E-state index contributed by atoms with van der Waals surface area (Å²) in [7, 11) is 0. The molecule has 0 atom stereocenters. The van der Waals surface area contributed by atoms with Crippen LogP contribution in [0.2, 0.25) is 0 Å². The van der Waals surface area contributed by atoms with Crippen molar-refractivity contribution >= 4 is 28.0 Å². The quantitative estimate of drug-likeness (QED) is 0.552. The number of aromatic nitrogens is 2. The number of rotatable bonds is 0. The maximum absolute atomic E-state index is 4.67. The maximum atomic E-state index is 4.67. The highest BCUT2D eigenvalue weighted by Gasteiger charge is 2.09. The van der Waals surface area contributed by atoms with E-state index in [1.807, 2.05) is 18.2 Å². The molecule has 0 aliphatic heterocycles. The van der Waals surface area contributed by atoms with Crippen LogP contribution in [0.25, 0.3) is 28.0 Å². The second-order valence-corrected chi connectivity index (χ2v) is 4.70. The van der Waals surface area contributed by atoms with Crippen LogP contribution in [0.1, 0.15) is 17.7 Å². The molecule has 2 heteroatoms. The van der Waals surface area contributed by atoms with Crippen LogP contribution in [-0.4, -0.2) is 9.97 Å². The largest absolute Gasteiger partial charge is 0.228 e. The minimum atomic E-state index is 0.846. The van der Waals surface area contributed by atoms with Crippen molar-refractivity contribution in [3.05, 3.63) is 53.7 Å². The van der Waals surface area contributed by atoms with Crippen LogP contribution in [0.4, 0.5) is 0 Å². The van der Waals surface area contributed by atoms with E-state index in [-0.39, 0.29) is 0 Å². The Kier molecular flexibility index (Phi) is 1.97. The summed E-state index contributed by atoms with van der Waals surface area (Å²) in [6.07, 6.45) is 6.49. The topological polar surface area (TPSA) is 25.8 Å². The van der Waals surface area contributed by atoms with Gasteiger partial charge in [0.05, 0.1) is 11.2 Å². The molecule has 3 aromatic rings. The Morgan fingerprint density at radius 2 is 1.89 bits per heavy atom. The summed E-state index contributed by atoms with van der Waals surface area (Å²) in [6, 6.07) is 12.6. The zero-order chi connectivity index (χ0) is 11.9. The molecule has 0 bridgehead atoms. The third-order valence-electron chi connectivity index (χ3n) is 3.47. The van der Waals surface area contributed by atoms with Crippen molar-refractivity contribution in [1.29, 1.82) is 0 Å². The molecule has 0 N–H and O–H groups in total. The lowest BCUT2D eigenvalue weighted by Crippen LogP contribution is -1.98. The van der Waals surface area contributed by atoms with Crippen molar-refractivity contribution in [3.63, 3.8) is 0 Å². The standard InChI is InChI=1S/C16H12N2/c1-3-7-14-11(5-1)9-13-10-12-6-2-4-8-15(12)18-16(13)17-14/h1,3-5,7-10H,2,6H2. The predicted molar refractivity (Wildman–Crippen MR) is 74.4 cm³/mol. The highest BCUT2D eigenvalue weighted by atomic mass is 14.9. The molecule has 2 heterocycles. The molecule has 86 valence electrons. The summed E-state index contributed by atoms with van der Waals surface area (Å²) in [6.45, 7) is 0. The normalized spacial score (nSPS) is 14.0. The average molecular weight is 232 g/mol. The van der Waals surface area contributed by atoms with Crippen LogP contribution >= 0.6 is 0 Å². The summed E-state index contributed by atoms with van der Waals surface area (Å²) in [4.78, 5) is 9.31. The summed E-state index contributed by atoms with van der Waals surface area (Å²) >= 11 is 0. The number of hydrogen-bond acceptors (Lipinski definition) is 2. The summed E-state index contributed by atoms with van der Waals surface area (Å²) < 4.78 is 0. The number of pyridine rings is 2. The number of fused-ring (bicyclic) bond motifs is 3. The minimum Gasteiger partial charge on any atom is -0.228 e. The zero-order valence-corrected chi connectivity index (χ0v) is 9.93. The Morgan fingerprint density at radius 3 is 2.89 bits per heavy atom. The fraction of sp³-hybridized carbons (Fsp3) is 0.125. The van der Waals surface area contributed by atoms with Gasteiger partial charge in [-0.2, -0.15) is 0 Å². The second kappa shape index (κ2) is 3.64. The summed E-state index contributed by atoms with van der Waals surface area (Å²) in [5.41, 5.74) is 4.27. The fourth-order valence-electron chi connectivity index (χ4n) is 2.54. The van der Waals surface area contributed by atoms with E-state index in [1.165, 1.54) is 10.9 Å². The average Bonchev–Trinajstić information content (AvgIpc) is 2.42. The molecule has 0 spiro atoms. The lowest BCUT2D eigenvalue weighted by Gasteiger charge is -2.10. The van der Waals surface area contributed by atoms with E-state index in [4.69, 9.17) is 0 Å². The van der Waals surface area contributed by atoms with Crippen LogP contribution in [0.5, 0.6) is 0 Å². The van der Waals surface area contributed by atoms with Gasteiger partial charge in [0.1, 0.15) is 0 Å². The monoisotopic (exact) mass is 232 g/mol. The Morgan fingerprint density at radius 1 is 0.944 bits per heavy atom. The second-order valence-electron chi connectivity index (χ2n) is 4.70. The lowest BCUT2D eigenvalue weighted by molar-refractivity contribution is 0.970. The number of nitrogens with zero attached hydrogens (tertiary/aromatic N) is 2. The molecule has 1 aromatic carbocycles. The molecule has 1 aliphatic carbocycles. The van der Waals surface area contributed by atoms with E-state index >= 15 is 0 Å². The van der Waals surface area contributed by atoms with Gasteiger partial charge in [-0.05, 0) is 42.7 Å². The van der Waals surface area contributed by atoms with E-state index in [1.54, 1.807) is 0 Å². The maximum Gasteiger partial charge on any atom is 0.160 e. The van der Waals surface area contributed by atoms with Gasteiger partial charge in [0, 0.05) is 10.8 Å². The van der Waals surface area contributed by atoms with E-state index in [0.29, 0.717) is 0 Å². The van der Waals surface area contributed by atoms with Gasteiger partial charge in [-0.15, -0.1) is 0 Å². The number of benzene rings is 1. The smallest absolute Gasteiger partial charge is 0.160 e. The molecule has 0 saturated heterocycles. The van der Waals surface area contributed by atoms with Gasteiger partial charge < -0.3 is 0 Å². The first-order chi connectivity index (χ1) is 8.90. The highest BCUT2D eigenvalue weighted by molar-refractivity contribution is 5.91. The number of aryl methyl sites for hydroxylation is 1. The molecule has 0 radical (unpaired) electrons. The van der Waals surface area contributed by atoms with Crippen LogP contribution in [0.3, 0.4) is 0 Å². The number of hydrogen-bond donors (Lipinski definition) is 0. The third-order valence-corrected chi connectivity index (χ3v) is 3.47. The van der Waals surface area contributed by atoms with E-state index in [2.05, 4.69) is 40.3 Å². The molecule has 0 saturated carbocycles. The molecule has 1 aliphatic rings. The Balaban J connectivity index is 2.09. The van der Waals surface area contributed by atoms with Crippen molar-refractivity contribution in [2.24, 2.45) is 0 Å². The first-order valence-electron chi connectivity index (χ1n) is 6.26. The zero-order valence-electron chi connectivity index (χ0n) is 9.93. The Hall–Kier alpha value is -2.22. The molecule has 0 fully saturated rings. The first kappa shape index (κ1) is 9.77. The lowest BCUT2D eigenvalue weighted by atomic mass is 10.0. The van der Waals surface area contributed by atoms with Crippen LogP contribution in [-0.2, 0) is 6.42 Å². The molecule has 0 unspecified atom stereocenters. The van der Waals surface area contributed by atoms with Crippen molar-refractivity contribution in [1.82, 2.24) is 9.97 Å². The van der Waals surface area contributed by atoms with Gasteiger partial charge in [-0.3, -0.25) is 0 Å². The Bertz CT molecular complexity index is 788. The van der Waals surface area contributed by atoms with Gasteiger partial charge in [0.2, 0.25) is 0 Å². The molecule has 2 nitrogen and oxygen atoms in total. The predicted octanol–water partition coefficient (Wildman–Crippen LogP) is 3.74. The molecular formula is C16H12N2. The van der Waals surface area contributed by atoms with Crippen LogP contribution in [0.15, 0.2) is 42.5 Å². The molecule has 0 amide bonds. The first-order valence-corrected chi connectivity index (χ1v) is 6.26. The minimum absolute atomic E-state index is 0.846. The van der Waals surface area contributed by atoms with Gasteiger partial charge in [-0.25, -0.2) is 9.97 Å². The van der Waals surface area contributed by atoms with Crippen LogP contribution in [0, 0.1) is 0 Å². The van der Waals surface area contributed by atoms with E-state index in [0.717, 1.165) is 35.1 Å². The van der Waals surface area contributed by atoms with Crippen molar-refractivity contribution in [2.75, 3.05) is 0 Å². The highest BCUT2D eigenvalue weighted by Crippen LogP contribution is 2.24. The molecule has 2 aromatic heterocycles. The van der Waals surface area contributed by atoms with Crippen LogP contribution < -0.4 is 0 Å². The third kappa shape index (κ3) is 1.42. The summed E-state index contributed by atoms with van der Waals surface area (Å²) in [5.74, 6) is 0. The Labute approximate surface area is 105 Å². The van der Waals surface area contributed by atoms with Gasteiger partial charge in [0.25, 0.3) is 0 Å². The SMILES string of the molecule is C1=Cc2nc3nc4ccccc4cc3cc2CC1. The molecular weight excluding hydrogens is 220 g/mol. The van der Waals surface area contributed by atoms with Crippen molar-refractivity contribution in [3.8, 4) is 0 Å². The van der Waals surface area contributed by atoms with E-state index < -0.39 is 0 Å². The fourth-order valence-corrected chi connectivity index (χ4v) is 2.54. The van der Waals surface area contributed by atoms with Crippen molar-refractivity contribution < 1.29 is 0 Å². The summed E-state index contributed by atoms with van der Waals surface area (Å²) in [5, 5.41) is 2.32. The molecule has 18 heavy (non-hydrogen) atoms. The van der Waals surface area contributed by atoms with Gasteiger partial charge in [0.15, 0.2) is 5.65 Å². The number of allylic oxidation sites excluding steroid dienone is 1. The molecule has 4 rings (SSSR count). The van der Waals surface area contributed by atoms with Crippen molar-refractivity contribution in [2.45, 2.75) is 12.8 Å².